The van der Waals surface area contributed by atoms with Gasteiger partial charge in [-0.15, -0.1) is 0 Å². The van der Waals surface area contributed by atoms with Crippen molar-refractivity contribution in [1.29, 1.82) is 0 Å². The molecule has 26 heavy (non-hydrogen) atoms. The van der Waals surface area contributed by atoms with Gasteiger partial charge < -0.3 is 5.21 Å². The molecule has 3 aromatic rings. The minimum atomic E-state index is 0.0575. The second kappa shape index (κ2) is 8.47. The van der Waals surface area contributed by atoms with Gasteiger partial charge in [0.15, 0.2) is 0 Å². The van der Waals surface area contributed by atoms with Gasteiger partial charge in [0.2, 0.25) is 0 Å². The van der Waals surface area contributed by atoms with E-state index in [9.17, 15) is 5.21 Å². The molecule has 3 rings (SSSR count). The predicted molar refractivity (Wildman–Crippen MR) is 109 cm³/mol. The third-order valence-electron chi connectivity index (χ3n) is 4.41. The molecule has 1 N–H and O–H groups in total. The molecule has 1 aromatic heterocycles. The summed E-state index contributed by atoms with van der Waals surface area (Å²) in [5.74, 6) is 0.0575. The first-order valence-corrected chi connectivity index (χ1v) is 9.39. The second-order valence-corrected chi connectivity index (χ2v) is 7.38. The van der Waals surface area contributed by atoms with Gasteiger partial charge in [0.05, 0.1) is 5.71 Å². The Morgan fingerprint density at radius 1 is 1.15 bits per heavy atom. The summed E-state index contributed by atoms with van der Waals surface area (Å²) in [4.78, 5) is 4.00. The van der Waals surface area contributed by atoms with Crippen molar-refractivity contribution >= 4 is 33.2 Å². The number of aromatic nitrogens is 1. The van der Waals surface area contributed by atoms with E-state index in [0.29, 0.717) is 17.3 Å². The molecule has 1 unspecified atom stereocenters. The van der Waals surface area contributed by atoms with Crippen LogP contribution in [0, 0.1) is 6.92 Å². The van der Waals surface area contributed by atoms with E-state index < -0.39 is 0 Å². The van der Waals surface area contributed by atoms with E-state index in [0.717, 1.165) is 15.6 Å². The number of halogens is 2. The van der Waals surface area contributed by atoms with Crippen LogP contribution in [0.5, 0.6) is 0 Å². The maximum Gasteiger partial charge on any atom is 0.129 e. The SMILES string of the molecule is Cc1ccccc1C(C/C(=N/O)c1ccnc(Cl)c1)c1ccc(Br)cc1. The number of hydrogen-bond donors (Lipinski definition) is 1. The molecule has 0 spiro atoms. The first-order chi connectivity index (χ1) is 12.6. The quantitative estimate of drug-likeness (QED) is 0.227. The fourth-order valence-corrected chi connectivity index (χ4v) is 3.51. The molecule has 0 radical (unpaired) electrons. The first kappa shape index (κ1) is 18.6. The molecular weight excluding hydrogens is 412 g/mol. The fourth-order valence-electron chi connectivity index (χ4n) is 3.07. The summed E-state index contributed by atoms with van der Waals surface area (Å²) >= 11 is 9.50. The lowest BCUT2D eigenvalue weighted by Gasteiger charge is -2.21. The van der Waals surface area contributed by atoms with Crippen molar-refractivity contribution in [2.24, 2.45) is 5.16 Å². The van der Waals surface area contributed by atoms with E-state index >= 15 is 0 Å². The molecule has 1 heterocycles. The molecule has 5 heteroatoms. The highest BCUT2D eigenvalue weighted by atomic mass is 79.9. The number of rotatable bonds is 5. The molecule has 3 nitrogen and oxygen atoms in total. The lowest BCUT2D eigenvalue weighted by molar-refractivity contribution is 0.317. The normalized spacial score (nSPS) is 12.8. The Kier molecular flexibility index (Phi) is 6.07. The Bertz CT molecular complexity index is 925. The van der Waals surface area contributed by atoms with Crippen molar-refractivity contribution < 1.29 is 5.21 Å². The Hall–Kier alpha value is -2.17. The number of benzene rings is 2. The van der Waals surface area contributed by atoms with Crippen molar-refractivity contribution in [1.82, 2.24) is 4.98 Å². The van der Waals surface area contributed by atoms with E-state index in [2.05, 4.69) is 57.3 Å². The van der Waals surface area contributed by atoms with Crippen molar-refractivity contribution in [2.45, 2.75) is 19.3 Å². The molecule has 1 atom stereocenters. The number of pyridine rings is 1. The highest BCUT2D eigenvalue weighted by Crippen LogP contribution is 2.32. The van der Waals surface area contributed by atoms with Crippen LogP contribution in [0.2, 0.25) is 5.15 Å². The van der Waals surface area contributed by atoms with Gasteiger partial charge >= 0.3 is 0 Å². The number of aryl methyl sites for hydroxylation is 1. The van der Waals surface area contributed by atoms with E-state index in [1.54, 1.807) is 18.3 Å². The van der Waals surface area contributed by atoms with Gasteiger partial charge in [0, 0.05) is 28.6 Å². The van der Waals surface area contributed by atoms with Gasteiger partial charge in [-0.25, -0.2) is 4.98 Å². The number of nitrogens with zero attached hydrogens (tertiary/aromatic N) is 2. The van der Waals surface area contributed by atoms with Crippen molar-refractivity contribution in [3.63, 3.8) is 0 Å². The average molecular weight is 430 g/mol. The minimum absolute atomic E-state index is 0.0575. The van der Waals surface area contributed by atoms with Crippen LogP contribution in [0.3, 0.4) is 0 Å². The molecule has 0 aliphatic rings. The summed E-state index contributed by atoms with van der Waals surface area (Å²) in [5.41, 5.74) is 4.90. The molecule has 0 bridgehead atoms. The Labute approximate surface area is 166 Å². The topological polar surface area (TPSA) is 45.5 Å². The van der Waals surface area contributed by atoms with Gasteiger partial charge in [-0.05, 0) is 47.9 Å². The van der Waals surface area contributed by atoms with Crippen LogP contribution in [0.4, 0.5) is 0 Å². The summed E-state index contributed by atoms with van der Waals surface area (Å²) in [6, 6.07) is 20.0. The van der Waals surface area contributed by atoms with Gasteiger partial charge in [0.1, 0.15) is 5.15 Å². The zero-order chi connectivity index (χ0) is 18.5. The monoisotopic (exact) mass is 428 g/mol. The summed E-state index contributed by atoms with van der Waals surface area (Å²) in [7, 11) is 0. The minimum Gasteiger partial charge on any atom is -0.411 e. The maximum absolute atomic E-state index is 9.64. The predicted octanol–water partition coefficient (Wildman–Crippen LogP) is 6.21. The molecule has 0 aliphatic carbocycles. The summed E-state index contributed by atoms with van der Waals surface area (Å²) in [6.07, 6.45) is 2.16. The smallest absolute Gasteiger partial charge is 0.129 e. The standard InChI is InChI=1S/C21H18BrClN2O/c1-14-4-2-3-5-18(14)19(15-6-8-17(22)9-7-15)13-20(25-26)16-10-11-24-21(23)12-16/h2-12,19,26H,13H2,1H3/b25-20-. The van der Waals surface area contributed by atoms with Crippen LogP contribution in [-0.2, 0) is 0 Å². The van der Waals surface area contributed by atoms with Crippen LogP contribution in [0.25, 0.3) is 0 Å². The van der Waals surface area contributed by atoms with Crippen molar-refractivity contribution in [3.05, 3.63) is 98.7 Å². The van der Waals surface area contributed by atoms with E-state index in [-0.39, 0.29) is 5.92 Å². The van der Waals surface area contributed by atoms with E-state index in [4.69, 9.17) is 11.6 Å². The zero-order valence-electron chi connectivity index (χ0n) is 14.2. The molecule has 0 saturated heterocycles. The van der Waals surface area contributed by atoms with Gasteiger partial charge in [-0.3, -0.25) is 0 Å². The molecular formula is C21H18BrClN2O. The number of hydrogen-bond acceptors (Lipinski definition) is 3. The molecule has 0 saturated carbocycles. The second-order valence-electron chi connectivity index (χ2n) is 6.08. The lowest BCUT2D eigenvalue weighted by atomic mass is 9.83. The molecule has 2 aromatic carbocycles. The highest BCUT2D eigenvalue weighted by Gasteiger charge is 2.20. The molecule has 132 valence electrons. The Balaban J connectivity index is 2.03. The summed E-state index contributed by atoms with van der Waals surface area (Å²) in [5, 5.41) is 13.6. The van der Waals surface area contributed by atoms with E-state index in [1.165, 1.54) is 11.1 Å². The third-order valence-corrected chi connectivity index (χ3v) is 5.15. The van der Waals surface area contributed by atoms with Crippen LogP contribution < -0.4 is 0 Å². The van der Waals surface area contributed by atoms with Crippen molar-refractivity contribution in [3.8, 4) is 0 Å². The zero-order valence-corrected chi connectivity index (χ0v) is 16.6. The maximum atomic E-state index is 9.64. The third kappa shape index (κ3) is 4.32. The number of oxime groups is 1. The summed E-state index contributed by atoms with van der Waals surface area (Å²) < 4.78 is 1.03. The van der Waals surface area contributed by atoms with Crippen LogP contribution in [-0.4, -0.2) is 15.9 Å². The fraction of sp³-hybridized carbons (Fsp3) is 0.143. The average Bonchev–Trinajstić information content (AvgIpc) is 2.65. The van der Waals surface area contributed by atoms with Gasteiger partial charge in [0.25, 0.3) is 0 Å². The van der Waals surface area contributed by atoms with Gasteiger partial charge in [-0.2, -0.15) is 0 Å². The van der Waals surface area contributed by atoms with Crippen LogP contribution in [0.15, 0.2) is 76.5 Å². The molecule has 0 fully saturated rings. The lowest BCUT2D eigenvalue weighted by Crippen LogP contribution is -2.11. The Morgan fingerprint density at radius 2 is 1.88 bits per heavy atom. The van der Waals surface area contributed by atoms with Crippen molar-refractivity contribution in [2.75, 3.05) is 0 Å². The largest absolute Gasteiger partial charge is 0.411 e. The van der Waals surface area contributed by atoms with Crippen LogP contribution in [0.1, 0.15) is 34.6 Å². The highest BCUT2D eigenvalue weighted by molar-refractivity contribution is 9.10. The van der Waals surface area contributed by atoms with E-state index in [1.807, 2.05) is 24.3 Å². The Morgan fingerprint density at radius 3 is 2.54 bits per heavy atom. The van der Waals surface area contributed by atoms with Crippen LogP contribution >= 0.6 is 27.5 Å². The van der Waals surface area contributed by atoms with Gasteiger partial charge in [-0.1, -0.05) is 69.1 Å². The first-order valence-electron chi connectivity index (χ1n) is 8.22. The molecule has 0 aliphatic heterocycles. The molecule has 0 amide bonds. The summed E-state index contributed by atoms with van der Waals surface area (Å²) in [6.45, 7) is 2.10.